The molecule has 4 aromatic carbocycles. The van der Waals surface area contributed by atoms with E-state index in [1.165, 1.54) is 66.8 Å². The van der Waals surface area contributed by atoms with Crippen molar-refractivity contribution >= 4 is 23.3 Å². The molecular weight excluding hydrogens is 723 g/mol. The molecule has 2 atom stereocenters. The predicted octanol–water partition coefficient (Wildman–Crippen LogP) is 6.39. The fourth-order valence-electron chi connectivity index (χ4n) is 7.64. The molecule has 0 amide bonds. The maximum absolute atomic E-state index is 4.93. The van der Waals surface area contributed by atoms with Crippen LogP contribution in [0.3, 0.4) is 0 Å². The van der Waals surface area contributed by atoms with Gasteiger partial charge in [0.05, 0.1) is 0 Å². The van der Waals surface area contributed by atoms with Crippen LogP contribution in [-0.4, -0.2) is 9.97 Å². The van der Waals surface area contributed by atoms with E-state index in [9.17, 15) is 0 Å². The number of rotatable bonds is 6. The van der Waals surface area contributed by atoms with Crippen molar-refractivity contribution < 1.29 is 44.0 Å². The van der Waals surface area contributed by atoms with Gasteiger partial charge in [0.25, 0.3) is 0 Å². The molecule has 0 bridgehead atoms. The minimum absolute atomic E-state index is 0. The molecule has 0 N–H and O–H groups in total. The molecule has 53 heavy (non-hydrogen) atoms. The average molecular weight is 768 g/mol. The van der Waals surface area contributed by atoms with Gasteiger partial charge in [0.2, 0.25) is 0 Å². The van der Waals surface area contributed by atoms with Crippen LogP contribution >= 0.6 is 0 Å². The molecule has 264 valence electrons. The van der Waals surface area contributed by atoms with Crippen LogP contribution in [0.2, 0.25) is 0 Å². The molecule has 0 fully saturated rings. The first-order valence-corrected chi connectivity index (χ1v) is 19.9. The SMILES string of the molecule is CC(C)(C)c1ccc(-c2cccc3c2C=C(c2ccccn2)[CH]3[Ti+2][CH]2C(c3ccccn3)=Cc3c(-c4ccc(C(C)(C)C)cc4)cccc32)cc1.[Cl-].[Cl-]. The molecule has 6 aromatic rings. The predicted molar refractivity (Wildman–Crippen MR) is 211 cm³/mol. The summed E-state index contributed by atoms with van der Waals surface area (Å²) in [4.78, 5) is 9.87. The summed E-state index contributed by atoms with van der Waals surface area (Å²) < 4.78 is 0.586. The molecular formula is C48H44Cl2N2Ti. The maximum Gasteiger partial charge on any atom is -1.00 e. The Balaban J connectivity index is 0.00000240. The van der Waals surface area contributed by atoms with Gasteiger partial charge in [0, 0.05) is 0 Å². The third-order valence-electron chi connectivity index (χ3n) is 10.5. The fourth-order valence-corrected chi connectivity index (χ4v) is 10.8. The van der Waals surface area contributed by atoms with Gasteiger partial charge in [-0.2, -0.15) is 0 Å². The first kappa shape index (κ1) is 38.7. The molecule has 2 aromatic heterocycles. The van der Waals surface area contributed by atoms with Crippen LogP contribution in [0.25, 0.3) is 45.6 Å². The molecule has 2 aliphatic rings. The molecule has 2 heterocycles. The second-order valence-corrected chi connectivity index (χ2v) is 18.3. The summed E-state index contributed by atoms with van der Waals surface area (Å²) in [5.74, 6) is 0. The van der Waals surface area contributed by atoms with Crippen LogP contribution < -0.4 is 24.8 Å². The molecule has 0 radical (unpaired) electrons. The summed E-state index contributed by atoms with van der Waals surface area (Å²) in [6.45, 7) is 13.7. The second-order valence-electron chi connectivity index (χ2n) is 15.9. The molecule has 0 saturated carbocycles. The zero-order chi connectivity index (χ0) is 35.3. The van der Waals surface area contributed by atoms with E-state index in [0.717, 1.165) is 11.4 Å². The minimum atomic E-state index is -0.713. The third-order valence-corrected chi connectivity index (χ3v) is 13.5. The molecule has 0 spiro atoms. The van der Waals surface area contributed by atoms with Crippen LogP contribution in [0.1, 0.15) is 94.8 Å². The number of hydrogen-bond donors (Lipinski definition) is 0. The number of aromatic nitrogens is 2. The average Bonchev–Trinajstić information content (AvgIpc) is 3.70. The van der Waals surface area contributed by atoms with E-state index in [1.54, 1.807) is 0 Å². The van der Waals surface area contributed by atoms with E-state index >= 15 is 0 Å². The van der Waals surface area contributed by atoms with Crippen LogP contribution in [0, 0.1) is 0 Å². The van der Waals surface area contributed by atoms with E-state index in [4.69, 9.17) is 9.97 Å². The summed E-state index contributed by atoms with van der Waals surface area (Å²) in [6, 6.07) is 44.9. The van der Waals surface area contributed by atoms with E-state index in [2.05, 4.69) is 163 Å². The smallest absolute Gasteiger partial charge is 1.00 e. The van der Waals surface area contributed by atoms with Crippen molar-refractivity contribution in [3.63, 3.8) is 0 Å². The number of halogens is 2. The Morgan fingerprint density at radius 2 is 0.849 bits per heavy atom. The molecule has 5 heteroatoms. The Kier molecular flexibility index (Phi) is 11.2. The standard InChI is InChI=1S/2C24H22N.2ClH.Ti/c2*1-24(2,3)20-12-10-17(11-13-20)21-8-6-7-18-15-19(16-22(18)21)23-9-4-5-14-25-23;;;/h2*4-16H,1-3H3;2*1H;/q;;;;+2/p-2. The van der Waals surface area contributed by atoms with Crippen molar-refractivity contribution in [2.45, 2.75) is 60.8 Å². The zero-order valence-corrected chi connectivity index (χ0v) is 34.2. The van der Waals surface area contributed by atoms with E-state index in [1.807, 2.05) is 24.5 Å². The Labute approximate surface area is 336 Å². The topological polar surface area (TPSA) is 25.8 Å². The van der Waals surface area contributed by atoms with Crippen molar-refractivity contribution in [3.05, 3.63) is 178 Å². The van der Waals surface area contributed by atoms with E-state index in [0.29, 0.717) is 8.45 Å². The summed E-state index contributed by atoms with van der Waals surface area (Å²) in [6.07, 6.45) is 8.77. The van der Waals surface area contributed by atoms with E-state index in [-0.39, 0.29) is 35.6 Å². The minimum Gasteiger partial charge on any atom is -1.00 e. The monoisotopic (exact) mass is 766 g/mol. The van der Waals surface area contributed by atoms with Crippen LogP contribution in [0.5, 0.6) is 0 Å². The first-order chi connectivity index (χ1) is 24.6. The van der Waals surface area contributed by atoms with Gasteiger partial charge in [0.15, 0.2) is 0 Å². The molecule has 0 aliphatic heterocycles. The summed E-state index contributed by atoms with van der Waals surface area (Å²) >= 11 is -0.713. The molecule has 2 aliphatic carbocycles. The van der Waals surface area contributed by atoms with Crippen molar-refractivity contribution in [3.8, 4) is 22.3 Å². The molecule has 2 unspecified atom stereocenters. The van der Waals surface area contributed by atoms with Crippen molar-refractivity contribution in [2.24, 2.45) is 0 Å². The fraction of sp³-hybridized carbons (Fsp3) is 0.208. The van der Waals surface area contributed by atoms with Gasteiger partial charge in [-0.05, 0) is 0 Å². The van der Waals surface area contributed by atoms with Gasteiger partial charge >= 0.3 is 314 Å². The number of fused-ring (bicyclic) bond motifs is 2. The number of nitrogens with zero attached hydrogens (tertiary/aromatic N) is 2. The van der Waals surface area contributed by atoms with Gasteiger partial charge in [-0.25, -0.2) is 0 Å². The maximum atomic E-state index is 4.93. The number of allylic oxidation sites excluding steroid dienone is 2. The van der Waals surface area contributed by atoms with Gasteiger partial charge in [-0.3, -0.25) is 0 Å². The Hall–Kier alpha value is -4.05. The molecule has 0 saturated heterocycles. The molecule has 8 rings (SSSR count). The van der Waals surface area contributed by atoms with E-state index < -0.39 is 19.2 Å². The van der Waals surface area contributed by atoms with Gasteiger partial charge in [-0.1, -0.05) is 0 Å². The Morgan fingerprint density at radius 3 is 1.19 bits per heavy atom. The van der Waals surface area contributed by atoms with Gasteiger partial charge in [0.1, 0.15) is 0 Å². The first-order valence-electron chi connectivity index (χ1n) is 18.1. The second kappa shape index (κ2) is 15.4. The van der Waals surface area contributed by atoms with Gasteiger partial charge in [-0.15, -0.1) is 0 Å². The number of benzene rings is 4. The number of pyridine rings is 2. The summed E-state index contributed by atoms with van der Waals surface area (Å²) in [5.41, 5.74) is 18.4. The largest absolute Gasteiger partial charge is 1.00 e. The quantitative estimate of drug-likeness (QED) is 0.184. The Bertz CT molecular complexity index is 2120. The normalized spacial score (nSPS) is 16.0. The summed E-state index contributed by atoms with van der Waals surface area (Å²) in [5, 5.41) is 0. The van der Waals surface area contributed by atoms with Crippen molar-refractivity contribution in [1.82, 2.24) is 9.97 Å². The molecule has 2 nitrogen and oxygen atoms in total. The van der Waals surface area contributed by atoms with Crippen LogP contribution in [0.4, 0.5) is 0 Å². The van der Waals surface area contributed by atoms with Crippen LogP contribution in [-0.2, 0) is 30.0 Å². The third kappa shape index (κ3) is 7.53. The van der Waals surface area contributed by atoms with Crippen molar-refractivity contribution in [2.75, 3.05) is 0 Å². The summed E-state index contributed by atoms with van der Waals surface area (Å²) in [7, 11) is 0. The zero-order valence-electron chi connectivity index (χ0n) is 31.2. The Morgan fingerprint density at radius 1 is 0.453 bits per heavy atom. The van der Waals surface area contributed by atoms with Crippen LogP contribution in [0.15, 0.2) is 134 Å². The van der Waals surface area contributed by atoms with Crippen molar-refractivity contribution in [1.29, 1.82) is 0 Å². The van der Waals surface area contributed by atoms with Gasteiger partial charge < -0.3 is 24.8 Å². The number of hydrogen-bond acceptors (Lipinski definition) is 2.